The molecule has 19 heavy (non-hydrogen) atoms. The van der Waals surface area contributed by atoms with Crippen molar-refractivity contribution in [2.45, 2.75) is 13.8 Å². The van der Waals surface area contributed by atoms with E-state index in [-0.39, 0.29) is 17.1 Å². The van der Waals surface area contributed by atoms with Gasteiger partial charge in [-0.3, -0.25) is 10.1 Å². The van der Waals surface area contributed by atoms with E-state index in [1.54, 1.807) is 6.07 Å². The van der Waals surface area contributed by atoms with Crippen LogP contribution in [0.15, 0.2) is 12.3 Å². The van der Waals surface area contributed by atoms with E-state index in [4.69, 9.17) is 10.00 Å². The maximum Gasteiger partial charge on any atom is 0.328 e. The molecule has 0 radical (unpaired) electrons. The molecule has 0 spiro atoms. The Bertz CT molecular complexity index is 482. The second-order valence-corrected chi connectivity index (χ2v) is 4.32. The number of anilines is 1. The van der Waals surface area contributed by atoms with Crippen LogP contribution in [0.25, 0.3) is 0 Å². The summed E-state index contributed by atoms with van der Waals surface area (Å²) in [4.78, 5) is 14.2. The number of nitriles is 1. The summed E-state index contributed by atoms with van der Waals surface area (Å²) in [5.41, 5.74) is -0.306. The minimum absolute atomic E-state index is 0.00870. The molecule has 0 aromatic carbocycles. The van der Waals surface area contributed by atoms with Gasteiger partial charge in [-0.2, -0.15) is 5.26 Å². The van der Waals surface area contributed by atoms with Crippen LogP contribution in [-0.4, -0.2) is 29.7 Å². The molecule has 0 amide bonds. The van der Waals surface area contributed by atoms with E-state index < -0.39 is 4.92 Å². The Labute approximate surface area is 111 Å². The van der Waals surface area contributed by atoms with Gasteiger partial charge in [0.15, 0.2) is 0 Å². The maximum absolute atomic E-state index is 10.9. The predicted molar refractivity (Wildman–Crippen MR) is 69.8 cm³/mol. The van der Waals surface area contributed by atoms with Crippen LogP contribution in [0.4, 0.5) is 11.5 Å². The smallest absolute Gasteiger partial charge is 0.328 e. The van der Waals surface area contributed by atoms with Crippen molar-refractivity contribution >= 4 is 11.5 Å². The predicted octanol–water partition coefficient (Wildman–Crippen LogP) is 1.95. The normalized spacial score (nSPS) is 10.2. The molecule has 0 fully saturated rings. The van der Waals surface area contributed by atoms with Crippen molar-refractivity contribution in [1.82, 2.24) is 4.98 Å². The van der Waals surface area contributed by atoms with E-state index in [0.717, 1.165) is 0 Å². The fraction of sp³-hybridized carbons (Fsp3) is 0.500. The van der Waals surface area contributed by atoms with Crippen LogP contribution in [0.1, 0.15) is 19.4 Å². The third-order valence-electron chi connectivity index (χ3n) is 2.22. The zero-order valence-corrected chi connectivity index (χ0v) is 10.9. The molecular weight excluding hydrogens is 248 g/mol. The summed E-state index contributed by atoms with van der Waals surface area (Å²) in [6.07, 6.45) is 1.36. The molecule has 1 heterocycles. The maximum atomic E-state index is 10.9. The summed E-state index contributed by atoms with van der Waals surface area (Å²) in [5, 5.41) is 22.6. The first-order valence-electron chi connectivity index (χ1n) is 5.91. The molecule has 102 valence electrons. The van der Waals surface area contributed by atoms with Gasteiger partial charge in [-0.15, -0.1) is 0 Å². The highest BCUT2D eigenvalue weighted by molar-refractivity contribution is 5.63. The van der Waals surface area contributed by atoms with Crippen molar-refractivity contribution in [2.75, 3.05) is 25.1 Å². The quantitative estimate of drug-likeness (QED) is 0.459. The minimum atomic E-state index is -0.608. The highest BCUT2D eigenvalue weighted by Crippen LogP contribution is 2.25. The Balaban J connectivity index is 2.64. The lowest BCUT2D eigenvalue weighted by Crippen LogP contribution is -2.14. The minimum Gasteiger partial charge on any atom is -0.379 e. The van der Waals surface area contributed by atoms with Gasteiger partial charge in [-0.1, -0.05) is 13.8 Å². The van der Waals surface area contributed by atoms with Gasteiger partial charge >= 0.3 is 5.69 Å². The van der Waals surface area contributed by atoms with E-state index in [1.165, 1.54) is 12.3 Å². The van der Waals surface area contributed by atoms with Gasteiger partial charge in [0.25, 0.3) is 0 Å². The van der Waals surface area contributed by atoms with Crippen LogP contribution < -0.4 is 5.32 Å². The molecule has 1 aromatic rings. The summed E-state index contributed by atoms with van der Waals surface area (Å²) in [5.74, 6) is 0.534. The lowest BCUT2D eigenvalue weighted by atomic mass is 10.2. The van der Waals surface area contributed by atoms with E-state index in [0.29, 0.717) is 25.7 Å². The molecular formula is C12H16N4O3. The van der Waals surface area contributed by atoms with Crippen LogP contribution in [-0.2, 0) is 4.74 Å². The molecule has 0 bridgehead atoms. The van der Waals surface area contributed by atoms with Crippen LogP contribution in [0.2, 0.25) is 0 Å². The molecule has 0 saturated carbocycles. The monoisotopic (exact) mass is 264 g/mol. The summed E-state index contributed by atoms with van der Waals surface area (Å²) < 4.78 is 5.35. The Morgan fingerprint density at radius 2 is 2.37 bits per heavy atom. The second-order valence-electron chi connectivity index (χ2n) is 4.32. The molecule has 0 atom stereocenters. The van der Waals surface area contributed by atoms with Gasteiger partial charge < -0.3 is 10.1 Å². The molecule has 0 aliphatic heterocycles. The lowest BCUT2D eigenvalue weighted by molar-refractivity contribution is -0.384. The number of aromatic nitrogens is 1. The number of ether oxygens (including phenoxy) is 1. The molecule has 1 aromatic heterocycles. The van der Waals surface area contributed by atoms with Gasteiger partial charge in [-0.25, -0.2) is 4.98 Å². The number of hydrogen-bond acceptors (Lipinski definition) is 6. The second kappa shape index (κ2) is 7.28. The average Bonchev–Trinajstić information content (AvgIpc) is 2.37. The fourth-order valence-corrected chi connectivity index (χ4v) is 1.42. The molecule has 0 saturated heterocycles. The van der Waals surface area contributed by atoms with E-state index >= 15 is 0 Å². The topological polar surface area (TPSA) is 101 Å². The molecule has 1 rings (SSSR count). The van der Waals surface area contributed by atoms with Crippen molar-refractivity contribution in [1.29, 1.82) is 5.26 Å². The average molecular weight is 264 g/mol. The highest BCUT2D eigenvalue weighted by atomic mass is 16.6. The SMILES string of the molecule is CC(C)COCCNc1nccc(C#N)c1[N+](=O)[O-]. The molecule has 0 aliphatic rings. The third-order valence-corrected chi connectivity index (χ3v) is 2.22. The number of nitrogens with zero attached hydrogens (tertiary/aromatic N) is 3. The molecule has 0 unspecified atom stereocenters. The van der Waals surface area contributed by atoms with Gasteiger partial charge in [-0.05, 0) is 12.0 Å². The standard InChI is InChI=1S/C12H16N4O3/c1-9(2)8-19-6-5-15-12-11(16(17)18)10(7-13)3-4-14-12/h3-4,9H,5-6,8H2,1-2H3,(H,14,15). The Morgan fingerprint density at radius 1 is 1.63 bits per heavy atom. The van der Waals surface area contributed by atoms with Crippen LogP contribution in [0.3, 0.4) is 0 Å². The first-order valence-corrected chi connectivity index (χ1v) is 5.91. The van der Waals surface area contributed by atoms with Crippen molar-refractivity contribution in [3.63, 3.8) is 0 Å². The zero-order chi connectivity index (χ0) is 14.3. The molecule has 1 N–H and O–H groups in total. The molecule has 7 nitrogen and oxygen atoms in total. The summed E-state index contributed by atoms with van der Waals surface area (Å²) in [6, 6.07) is 3.10. The molecule has 0 aliphatic carbocycles. The number of nitro groups is 1. The van der Waals surface area contributed by atoms with Crippen molar-refractivity contribution < 1.29 is 9.66 Å². The number of nitrogens with one attached hydrogen (secondary N) is 1. The Kier molecular flexibility index (Phi) is 5.70. The van der Waals surface area contributed by atoms with Gasteiger partial charge in [0.1, 0.15) is 11.6 Å². The van der Waals surface area contributed by atoms with E-state index in [9.17, 15) is 10.1 Å². The van der Waals surface area contributed by atoms with Gasteiger partial charge in [0.05, 0.1) is 11.5 Å². The first-order chi connectivity index (χ1) is 9.06. The van der Waals surface area contributed by atoms with Crippen LogP contribution in [0.5, 0.6) is 0 Å². The van der Waals surface area contributed by atoms with Gasteiger partial charge in [0, 0.05) is 19.3 Å². The summed E-state index contributed by atoms with van der Waals surface area (Å²) in [7, 11) is 0. The summed E-state index contributed by atoms with van der Waals surface area (Å²) >= 11 is 0. The Hall–Kier alpha value is -2.20. The number of pyridine rings is 1. The number of hydrogen-bond donors (Lipinski definition) is 1. The largest absolute Gasteiger partial charge is 0.379 e. The van der Waals surface area contributed by atoms with E-state index in [2.05, 4.69) is 10.3 Å². The van der Waals surface area contributed by atoms with Gasteiger partial charge in [0.2, 0.25) is 5.82 Å². The van der Waals surface area contributed by atoms with Crippen LogP contribution in [0, 0.1) is 27.4 Å². The van der Waals surface area contributed by atoms with Crippen LogP contribution >= 0.6 is 0 Å². The first kappa shape index (κ1) is 14.9. The highest BCUT2D eigenvalue weighted by Gasteiger charge is 2.20. The van der Waals surface area contributed by atoms with Crippen molar-refractivity contribution in [3.05, 3.63) is 27.9 Å². The lowest BCUT2D eigenvalue weighted by Gasteiger charge is -2.08. The molecule has 7 heteroatoms. The van der Waals surface area contributed by atoms with E-state index in [1.807, 2.05) is 13.8 Å². The Morgan fingerprint density at radius 3 is 2.95 bits per heavy atom. The number of rotatable bonds is 7. The zero-order valence-electron chi connectivity index (χ0n) is 10.9. The van der Waals surface area contributed by atoms with Crippen molar-refractivity contribution in [2.24, 2.45) is 5.92 Å². The van der Waals surface area contributed by atoms with Crippen molar-refractivity contribution in [3.8, 4) is 6.07 Å². The fourth-order valence-electron chi connectivity index (χ4n) is 1.42. The summed E-state index contributed by atoms with van der Waals surface area (Å²) in [6.45, 7) is 5.53. The third kappa shape index (κ3) is 4.52.